The van der Waals surface area contributed by atoms with Crippen molar-refractivity contribution in [2.24, 2.45) is 5.73 Å². The van der Waals surface area contributed by atoms with Crippen molar-refractivity contribution in [3.8, 4) is 0 Å². The van der Waals surface area contributed by atoms with E-state index in [0.717, 1.165) is 5.92 Å². The maximum absolute atomic E-state index is 10.7. The summed E-state index contributed by atoms with van der Waals surface area (Å²) in [6.45, 7) is 0.436. The molecular formula is C13H15FeNO2. The minimum Gasteiger partial charge on any atom is -0.384 e. The number of nitrogens with two attached hydrogens (primary N) is 1. The zero-order valence-corrected chi connectivity index (χ0v) is 10.7. The molecule has 0 aromatic heterocycles. The summed E-state index contributed by atoms with van der Waals surface area (Å²) in [5.74, 6) is 0.994. The van der Waals surface area contributed by atoms with Crippen LogP contribution in [0.2, 0.25) is 0 Å². The fraction of sp³-hybridized carbons (Fsp3) is 0.154. The molecule has 2 aliphatic carbocycles. The summed E-state index contributed by atoms with van der Waals surface area (Å²) >= 11 is 0. The first kappa shape index (κ1) is 16.9. The van der Waals surface area contributed by atoms with Crippen LogP contribution in [0.25, 0.3) is 0 Å². The molecule has 0 spiro atoms. The number of hydrogen-bond donors (Lipinski definition) is 1. The summed E-state index contributed by atoms with van der Waals surface area (Å²) in [6.07, 6.45) is 15.3. The number of methoxy groups -OCH3 is 1. The molecule has 2 saturated carbocycles. The van der Waals surface area contributed by atoms with Crippen LogP contribution in [0.4, 0.5) is 0 Å². The Balaban J connectivity index is 0.000000360. The first-order chi connectivity index (χ1) is 7.75. The summed E-state index contributed by atoms with van der Waals surface area (Å²) in [5.41, 5.74) is 5.09. The third-order valence-electron chi connectivity index (χ3n) is 2.03. The van der Waals surface area contributed by atoms with Gasteiger partial charge in [0.25, 0.3) is 0 Å². The van der Waals surface area contributed by atoms with Gasteiger partial charge in [0.1, 0.15) is 0 Å². The van der Waals surface area contributed by atoms with Crippen molar-refractivity contribution in [3.05, 3.63) is 63.2 Å². The Hall–Kier alpha value is -0.0505. The van der Waals surface area contributed by atoms with Crippen molar-refractivity contribution in [1.29, 1.82) is 0 Å². The molecule has 2 rings (SSSR count). The average molecular weight is 273 g/mol. The van der Waals surface area contributed by atoms with Gasteiger partial charge in [0.2, 0.25) is 5.91 Å². The molecule has 17 heavy (non-hydrogen) atoms. The Morgan fingerprint density at radius 2 is 1.65 bits per heavy atom. The number of ether oxygens (including phenoxy) is 1. The number of rotatable bonds is 3. The number of carbonyl (C=O) groups is 1. The van der Waals surface area contributed by atoms with Crippen molar-refractivity contribution >= 4 is 5.91 Å². The largest absolute Gasteiger partial charge is 0.384 e. The van der Waals surface area contributed by atoms with Gasteiger partial charge in [0.15, 0.2) is 0 Å². The molecule has 0 aromatic carbocycles. The second kappa shape index (κ2) is 9.93. The van der Waals surface area contributed by atoms with Gasteiger partial charge in [-0.1, -0.05) is 0 Å². The number of hydrogen-bond acceptors (Lipinski definition) is 2. The van der Waals surface area contributed by atoms with Crippen LogP contribution in [0.3, 0.4) is 0 Å². The molecule has 0 heterocycles. The summed E-state index contributed by atoms with van der Waals surface area (Å²) in [7, 11) is 1.58. The van der Waals surface area contributed by atoms with Gasteiger partial charge in [-0.25, -0.2) is 0 Å². The zero-order valence-electron chi connectivity index (χ0n) is 9.57. The minimum atomic E-state index is -0.401. The average Bonchev–Trinajstić information content (AvgIpc) is 2.91. The predicted octanol–water partition coefficient (Wildman–Crippen LogP) is 0.913. The van der Waals surface area contributed by atoms with Crippen LogP contribution in [-0.4, -0.2) is 19.6 Å². The Morgan fingerprint density at radius 3 is 2.06 bits per heavy atom. The van der Waals surface area contributed by atoms with E-state index in [9.17, 15) is 4.79 Å². The van der Waals surface area contributed by atoms with Crippen molar-refractivity contribution in [2.75, 3.05) is 13.7 Å². The van der Waals surface area contributed by atoms with Crippen molar-refractivity contribution < 1.29 is 26.6 Å². The molecule has 1 amide bonds. The molecule has 10 radical (unpaired) electrons. The molecule has 2 N–H and O–H groups in total. The fourth-order valence-electron chi connectivity index (χ4n) is 1.30. The molecule has 0 saturated heterocycles. The topological polar surface area (TPSA) is 52.3 Å². The van der Waals surface area contributed by atoms with Gasteiger partial charge in [-0.05, 0) is 51.4 Å². The fourth-order valence-corrected chi connectivity index (χ4v) is 1.30. The van der Waals surface area contributed by atoms with Crippen LogP contribution in [0.1, 0.15) is 0 Å². The van der Waals surface area contributed by atoms with Crippen LogP contribution in [0, 0.1) is 63.2 Å². The van der Waals surface area contributed by atoms with Crippen molar-refractivity contribution in [1.82, 2.24) is 0 Å². The molecule has 0 unspecified atom stereocenters. The number of carbonyl (C=O) groups excluding carboxylic acids is 1. The smallest absolute Gasteiger partial charge is 0.225 e. The van der Waals surface area contributed by atoms with Crippen LogP contribution in [0.15, 0.2) is 0 Å². The van der Waals surface area contributed by atoms with E-state index in [4.69, 9.17) is 10.5 Å². The van der Waals surface area contributed by atoms with Gasteiger partial charge in [0.05, 0.1) is 12.5 Å². The zero-order chi connectivity index (χ0) is 11.8. The third kappa shape index (κ3) is 6.44. The summed E-state index contributed by atoms with van der Waals surface area (Å²) in [5, 5.41) is 0. The summed E-state index contributed by atoms with van der Waals surface area (Å²) in [4.78, 5) is 10.7. The van der Waals surface area contributed by atoms with E-state index in [2.05, 4.69) is 0 Å². The molecule has 0 aliphatic heterocycles. The number of primary amides is 1. The van der Waals surface area contributed by atoms with E-state index in [0.29, 0.717) is 12.5 Å². The van der Waals surface area contributed by atoms with Gasteiger partial charge >= 0.3 is 0 Å². The molecule has 92 valence electrons. The van der Waals surface area contributed by atoms with E-state index in [1.54, 1.807) is 20.0 Å². The molecule has 2 aliphatic rings. The monoisotopic (exact) mass is 273 g/mol. The van der Waals surface area contributed by atoms with E-state index < -0.39 is 5.91 Å². The molecule has 3 nitrogen and oxygen atoms in total. The quantitative estimate of drug-likeness (QED) is 0.777. The molecular weight excluding hydrogens is 258 g/mol. The molecule has 0 bridgehead atoms. The summed E-state index contributed by atoms with van der Waals surface area (Å²) < 4.78 is 4.87. The summed E-state index contributed by atoms with van der Waals surface area (Å²) in [6, 6.07) is 0. The normalized spacial score (nSPS) is 20.5. The molecule has 4 heteroatoms. The van der Waals surface area contributed by atoms with Gasteiger partial charge in [-0.15, -0.1) is 0 Å². The van der Waals surface area contributed by atoms with E-state index in [-0.39, 0.29) is 17.1 Å². The van der Waals surface area contributed by atoms with Gasteiger partial charge in [0, 0.05) is 30.1 Å². The Kier molecular flexibility index (Phi) is 9.90. The van der Waals surface area contributed by atoms with Crippen LogP contribution < -0.4 is 5.73 Å². The van der Waals surface area contributed by atoms with Crippen LogP contribution in [-0.2, 0) is 26.6 Å². The standard InChI is InChI=1S/C8H10NO2.C5H5.Fe/c1-11-5-6-3-2-4-7(6)8(9)10;1-2-4-5-3-1;/h2-4H,5H2,1H3,(H2,9,10);1-5H;. The first-order valence-corrected chi connectivity index (χ1v) is 4.95. The maximum Gasteiger partial charge on any atom is 0.225 e. The Morgan fingerprint density at radius 1 is 1.12 bits per heavy atom. The van der Waals surface area contributed by atoms with E-state index in [1.165, 1.54) is 0 Å². The predicted molar refractivity (Wildman–Crippen MR) is 62.0 cm³/mol. The van der Waals surface area contributed by atoms with Crippen LogP contribution in [0.5, 0.6) is 0 Å². The molecule has 2 fully saturated rings. The Bertz CT molecular complexity index is 200. The second-order valence-electron chi connectivity index (χ2n) is 3.22. The van der Waals surface area contributed by atoms with Gasteiger partial charge in [-0.3, -0.25) is 4.79 Å². The molecule has 0 atom stereocenters. The van der Waals surface area contributed by atoms with E-state index >= 15 is 0 Å². The SMILES string of the molecule is COC[C]1[CH][CH][CH][C]1C(N)=O.[CH]1[CH][CH][CH][CH]1.[Fe]. The molecule has 0 aromatic rings. The van der Waals surface area contributed by atoms with Crippen LogP contribution >= 0.6 is 0 Å². The van der Waals surface area contributed by atoms with Gasteiger partial charge in [-0.2, -0.15) is 0 Å². The second-order valence-corrected chi connectivity index (χ2v) is 3.22. The maximum atomic E-state index is 10.7. The van der Waals surface area contributed by atoms with Crippen molar-refractivity contribution in [3.63, 3.8) is 0 Å². The Labute approximate surface area is 115 Å². The van der Waals surface area contributed by atoms with Gasteiger partial charge < -0.3 is 10.5 Å². The van der Waals surface area contributed by atoms with E-state index in [1.807, 2.05) is 38.5 Å². The van der Waals surface area contributed by atoms with Crippen molar-refractivity contribution in [2.45, 2.75) is 0 Å². The third-order valence-corrected chi connectivity index (χ3v) is 2.03. The first-order valence-electron chi connectivity index (χ1n) is 4.95. The minimum absolute atomic E-state index is 0. The number of amides is 1.